The second-order valence-electron chi connectivity index (χ2n) is 3.46. The van der Waals surface area contributed by atoms with Gasteiger partial charge in [-0.1, -0.05) is 0 Å². The lowest BCUT2D eigenvalue weighted by Gasteiger charge is -2.14. The monoisotopic (exact) mass is 346 g/mol. The lowest BCUT2D eigenvalue weighted by atomic mass is 10.2. The number of benzene rings is 1. The minimum Gasteiger partial charge on any atom is -0.493 e. The van der Waals surface area contributed by atoms with Crippen LogP contribution in [0.2, 0.25) is 0 Å². The molecule has 0 amide bonds. The van der Waals surface area contributed by atoms with Crippen LogP contribution in [0.5, 0.6) is 11.5 Å². The zero-order valence-electron chi connectivity index (χ0n) is 9.48. The van der Waals surface area contributed by atoms with Crippen molar-refractivity contribution in [1.82, 2.24) is 0 Å². The first kappa shape index (κ1) is 15.4. The Morgan fingerprint density at radius 2 is 2.00 bits per heavy atom. The van der Waals surface area contributed by atoms with E-state index in [2.05, 4.69) is 15.9 Å². The fraction of sp³-hybridized carbons (Fsp3) is 0.455. The van der Waals surface area contributed by atoms with Crippen molar-refractivity contribution in [3.05, 3.63) is 22.2 Å². The summed E-state index contributed by atoms with van der Waals surface area (Å²) in [5.41, 5.74) is 0.781. The maximum absolute atomic E-state index is 12.0. The molecule has 102 valence electrons. The Morgan fingerprint density at radius 1 is 1.33 bits per heavy atom. The van der Waals surface area contributed by atoms with Gasteiger partial charge >= 0.3 is 6.18 Å². The molecular formula is C11H11BrClF3O2. The molecule has 2 nitrogen and oxygen atoms in total. The largest absolute Gasteiger partial charge is 0.493 e. The summed E-state index contributed by atoms with van der Waals surface area (Å²) < 4.78 is 46.7. The van der Waals surface area contributed by atoms with Gasteiger partial charge in [0, 0.05) is 5.88 Å². The molecule has 0 fully saturated rings. The minimum atomic E-state index is -4.24. The summed E-state index contributed by atoms with van der Waals surface area (Å²) in [5, 5.41) is 0. The highest BCUT2D eigenvalue weighted by atomic mass is 79.9. The smallest absolute Gasteiger partial charge is 0.392 e. The molecule has 1 rings (SSSR count). The topological polar surface area (TPSA) is 18.5 Å². The summed E-state index contributed by atoms with van der Waals surface area (Å²) in [7, 11) is 1.41. The van der Waals surface area contributed by atoms with E-state index >= 15 is 0 Å². The Kier molecular flexibility index (Phi) is 5.59. The van der Waals surface area contributed by atoms with Crippen molar-refractivity contribution in [2.75, 3.05) is 13.7 Å². The maximum atomic E-state index is 12.0. The van der Waals surface area contributed by atoms with Crippen molar-refractivity contribution >= 4 is 27.5 Å². The molecule has 0 aliphatic rings. The number of hydrogen-bond donors (Lipinski definition) is 0. The van der Waals surface area contributed by atoms with Crippen molar-refractivity contribution < 1.29 is 22.6 Å². The van der Waals surface area contributed by atoms with Gasteiger partial charge in [-0.05, 0) is 33.6 Å². The third-order valence-electron chi connectivity index (χ3n) is 2.08. The van der Waals surface area contributed by atoms with Gasteiger partial charge in [0.25, 0.3) is 0 Å². The highest BCUT2D eigenvalue weighted by molar-refractivity contribution is 9.10. The van der Waals surface area contributed by atoms with Gasteiger partial charge < -0.3 is 9.47 Å². The SMILES string of the molecule is COc1cc(CCl)cc(Br)c1OCCC(F)(F)F. The summed E-state index contributed by atoms with van der Waals surface area (Å²) in [5.74, 6) is 0.871. The van der Waals surface area contributed by atoms with E-state index in [-0.39, 0.29) is 11.6 Å². The maximum Gasteiger partial charge on any atom is 0.392 e. The van der Waals surface area contributed by atoms with Gasteiger partial charge in [0.2, 0.25) is 0 Å². The van der Waals surface area contributed by atoms with Crippen LogP contribution in [-0.4, -0.2) is 19.9 Å². The lowest BCUT2D eigenvalue weighted by Crippen LogP contribution is -2.13. The highest BCUT2D eigenvalue weighted by Gasteiger charge is 2.27. The first-order valence-electron chi connectivity index (χ1n) is 4.99. The molecule has 0 N–H and O–H groups in total. The summed E-state index contributed by atoms with van der Waals surface area (Å²) in [6, 6.07) is 3.30. The first-order valence-corrected chi connectivity index (χ1v) is 6.32. The van der Waals surface area contributed by atoms with E-state index in [1.54, 1.807) is 12.1 Å². The summed E-state index contributed by atoms with van der Waals surface area (Å²) in [6.07, 6.45) is -5.25. The predicted octanol–water partition coefficient (Wildman–Crippen LogP) is 4.53. The molecule has 0 saturated heterocycles. The Balaban J connectivity index is 2.81. The van der Waals surface area contributed by atoms with Crippen LogP contribution in [0.25, 0.3) is 0 Å². The van der Waals surface area contributed by atoms with Gasteiger partial charge in [0.1, 0.15) is 0 Å². The fourth-order valence-electron chi connectivity index (χ4n) is 1.26. The summed E-state index contributed by atoms with van der Waals surface area (Å²) in [6.45, 7) is -0.460. The number of rotatable bonds is 5. The van der Waals surface area contributed by atoms with Crippen molar-refractivity contribution in [3.8, 4) is 11.5 Å². The van der Waals surface area contributed by atoms with Gasteiger partial charge in [0.05, 0.1) is 24.6 Å². The van der Waals surface area contributed by atoms with Crippen LogP contribution in [0, 0.1) is 0 Å². The van der Waals surface area contributed by atoms with E-state index in [0.29, 0.717) is 10.2 Å². The normalized spacial score (nSPS) is 11.4. The molecule has 1 aromatic rings. The predicted molar refractivity (Wildman–Crippen MR) is 66.4 cm³/mol. The zero-order valence-corrected chi connectivity index (χ0v) is 11.8. The molecule has 0 unspecified atom stereocenters. The molecule has 0 radical (unpaired) electrons. The van der Waals surface area contributed by atoms with E-state index < -0.39 is 19.2 Å². The standard InChI is InChI=1S/C11H11BrClF3O2/c1-17-9-5-7(6-13)4-8(12)10(9)18-3-2-11(14,15)16/h4-5H,2-3,6H2,1H3. The van der Waals surface area contributed by atoms with E-state index in [1.165, 1.54) is 7.11 Å². The van der Waals surface area contributed by atoms with Gasteiger partial charge in [-0.25, -0.2) is 0 Å². The molecule has 0 aliphatic heterocycles. The van der Waals surface area contributed by atoms with Crippen molar-refractivity contribution in [1.29, 1.82) is 0 Å². The molecule has 7 heteroatoms. The minimum absolute atomic E-state index is 0.246. The molecule has 0 bridgehead atoms. The third-order valence-corrected chi connectivity index (χ3v) is 2.97. The number of methoxy groups -OCH3 is 1. The van der Waals surface area contributed by atoms with Crippen LogP contribution in [0.3, 0.4) is 0 Å². The molecule has 0 aliphatic carbocycles. The van der Waals surface area contributed by atoms with Crippen LogP contribution in [0.1, 0.15) is 12.0 Å². The average molecular weight is 348 g/mol. The summed E-state index contributed by atoms with van der Waals surface area (Å²) >= 11 is 8.89. The van der Waals surface area contributed by atoms with Crippen LogP contribution in [0.15, 0.2) is 16.6 Å². The molecule has 0 spiro atoms. The first-order chi connectivity index (χ1) is 8.37. The van der Waals surface area contributed by atoms with E-state index in [9.17, 15) is 13.2 Å². The second kappa shape index (κ2) is 6.52. The van der Waals surface area contributed by atoms with Crippen LogP contribution < -0.4 is 9.47 Å². The Hall–Kier alpha value is -0.620. The zero-order chi connectivity index (χ0) is 13.8. The quantitative estimate of drug-likeness (QED) is 0.729. The number of halogens is 5. The number of ether oxygens (including phenoxy) is 2. The number of hydrogen-bond acceptors (Lipinski definition) is 2. The molecule has 0 saturated carbocycles. The number of alkyl halides is 4. The Morgan fingerprint density at radius 3 is 2.50 bits per heavy atom. The van der Waals surface area contributed by atoms with Crippen LogP contribution >= 0.6 is 27.5 Å². The third kappa shape index (κ3) is 4.57. The average Bonchev–Trinajstić information content (AvgIpc) is 2.29. The van der Waals surface area contributed by atoms with Crippen LogP contribution in [0.4, 0.5) is 13.2 Å². The second-order valence-corrected chi connectivity index (χ2v) is 4.58. The highest BCUT2D eigenvalue weighted by Crippen LogP contribution is 2.37. The van der Waals surface area contributed by atoms with Crippen molar-refractivity contribution in [2.45, 2.75) is 18.5 Å². The molecule has 1 aromatic carbocycles. The Bertz CT molecular complexity index is 410. The van der Waals surface area contributed by atoms with Crippen LogP contribution in [-0.2, 0) is 5.88 Å². The molecule has 0 atom stereocenters. The van der Waals surface area contributed by atoms with E-state index in [1.807, 2.05) is 0 Å². The molecule has 0 heterocycles. The van der Waals surface area contributed by atoms with Crippen molar-refractivity contribution in [2.24, 2.45) is 0 Å². The van der Waals surface area contributed by atoms with E-state index in [4.69, 9.17) is 21.1 Å². The molecule has 0 aromatic heterocycles. The van der Waals surface area contributed by atoms with Gasteiger partial charge in [-0.2, -0.15) is 13.2 Å². The van der Waals surface area contributed by atoms with Gasteiger partial charge in [-0.3, -0.25) is 0 Å². The van der Waals surface area contributed by atoms with Gasteiger partial charge in [0.15, 0.2) is 11.5 Å². The van der Waals surface area contributed by atoms with E-state index in [0.717, 1.165) is 5.56 Å². The van der Waals surface area contributed by atoms with Crippen molar-refractivity contribution in [3.63, 3.8) is 0 Å². The van der Waals surface area contributed by atoms with Gasteiger partial charge in [-0.15, -0.1) is 11.6 Å². The molecular weight excluding hydrogens is 336 g/mol. The summed E-state index contributed by atoms with van der Waals surface area (Å²) in [4.78, 5) is 0. The fourth-order valence-corrected chi connectivity index (χ4v) is 2.02. The molecule has 18 heavy (non-hydrogen) atoms. The Labute approximate surface area is 116 Å². The lowest BCUT2D eigenvalue weighted by molar-refractivity contribution is -0.139.